The first-order valence-electron chi connectivity index (χ1n) is 4.10. The van der Waals surface area contributed by atoms with Crippen molar-refractivity contribution in [3.63, 3.8) is 0 Å². The fourth-order valence-corrected chi connectivity index (χ4v) is 1.38. The van der Waals surface area contributed by atoms with Crippen LogP contribution in [0.4, 0.5) is 5.69 Å². The van der Waals surface area contributed by atoms with Crippen molar-refractivity contribution in [3.05, 3.63) is 45.2 Å². The number of diazo groups is 1. The smallest absolute Gasteiger partial charge is 0.388 e. The van der Waals surface area contributed by atoms with Gasteiger partial charge in [0, 0.05) is 17.5 Å². The van der Waals surface area contributed by atoms with Crippen LogP contribution in [0, 0.1) is 12.3 Å². The lowest BCUT2D eigenvalue weighted by molar-refractivity contribution is 0.560. The molecule has 2 aromatic rings. The van der Waals surface area contributed by atoms with E-state index < -0.39 is 5.63 Å². The summed E-state index contributed by atoms with van der Waals surface area (Å²) in [7, 11) is 0. The van der Waals surface area contributed by atoms with Crippen molar-refractivity contribution in [1.29, 1.82) is 5.39 Å². The summed E-state index contributed by atoms with van der Waals surface area (Å²) >= 11 is 0. The van der Waals surface area contributed by atoms with Crippen LogP contribution in [0.2, 0.25) is 0 Å². The maximum atomic E-state index is 11.0. The van der Waals surface area contributed by atoms with Crippen LogP contribution in [-0.2, 0) is 0 Å². The minimum Gasteiger partial charge on any atom is -0.422 e. The predicted octanol–water partition coefficient (Wildman–Crippen LogP) is 2.59. The quantitative estimate of drug-likeness (QED) is 0.470. The second-order valence-electron chi connectivity index (χ2n) is 3.03. The van der Waals surface area contributed by atoms with Crippen molar-refractivity contribution in [2.24, 2.45) is 0 Å². The van der Waals surface area contributed by atoms with E-state index in [9.17, 15) is 4.79 Å². The zero-order valence-electron chi connectivity index (χ0n) is 7.52. The molecule has 0 spiro atoms. The Hall–Kier alpha value is -2.15. The molecule has 0 aliphatic heterocycles. The van der Waals surface area contributed by atoms with E-state index in [-0.39, 0.29) is 0 Å². The van der Waals surface area contributed by atoms with Crippen molar-refractivity contribution >= 4 is 16.7 Å². The highest BCUT2D eigenvalue weighted by Crippen LogP contribution is 2.22. The van der Waals surface area contributed by atoms with Gasteiger partial charge in [-0.05, 0) is 18.6 Å². The zero-order chi connectivity index (χ0) is 10.1. The Morgan fingerprint density at radius 1 is 1.36 bits per heavy atom. The molecule has 0 aliphatic carbocycles. The van der Waals surface area contributed by atoms with E-state index in [0.29, 0.717) is 11.3 Å². The van der Waals surface area contributed by atoms with Crippen molar-refractivity contribution in [2.45, 2.75) is 6.92 Å². The van der Waals surface area contributed by atoms with Crippen LogP contribution in [0.1, 0.15) is 5.56 Å². The van der Waals surface area contributed by atoms with Gasteiger partial charge >= 0.3 is 11.3 Å². The molecule has 0 unspecified atom stereocenters. The van der Waals surface area contributed by atoms with Gasteiger partial charge in [0.25, 0.3) is 0 Å². The molecular weight excluding hydrogens is 180 g/mol. The molecular formula is C10H7N2O2+. The Balaban J connectivity index is 2.90. The van der Waals surface area contributed by atoms with Gasteiger partial charge < -0.3 is 4.42 Å². The maximum Gasteiger partial charge on any atom is 0.388 e. The van der Waals surface area contributed by atoms with Crippen LogP contribution in [0.5, 0.6) is 0 Å². The average Bonchev–Trinajstić information content (AvgIpc) is 2.16. The van der Waals surface area contributed by atoms with E-state index in [4.69, 9.17) is 9.81 Å². The third-order valence-corrected chi connectivity index (χ3v) is 2.05. The van der Waals surface area contributed by atoms with E-state index >= 15 is 0 Å². The lowest BCUT2D eigenvalue weighted by atomic mass is 10.1. The maximum absolute atomic E-state index is 11.0. The molecule has 1 aromatic heterocycles. The summed E-state index contributed by atoms with van der Waals surface area (Å²) in [6.07, 6.45) is 0. The lowest BCUT2D eigenvalue weighted by Gasteiger charge is -1.96. The number of nitrogens with zero attached hydrogens (tertiary/aromatic N) is 2. The number of hydrogen-bond acceptors (Lipinski definition) is 3. The number of benzene rings is 1. The van der Waals surface area contributed by atoms with Crippen molar-refractivity contribution in [1.82, 2.24) is 0 Å². The molecule has 0 saturated heterocycles. The van der Waals surface area contributed by atoms with Gasteiger partial charge in [-0.1, -0.05) is 0 Å². The Morgan fingerprint density at radius 3 is 2.86 bits per heavy atom. The molecule has 2 rings (SSSR count). The molecule has 0 amide bonds. The highest BCUT2D eigenvalue weighted by atomic mass is 16.4. The van der Waals surface area contributed by atoms with Gasteiger partial charge in [-0.15, -0.1) is 0 Å². The van der Waals surface area contributed by atoms with Crippen molar-refractivity contribution in [3.8, 4) is 0 Å². The monoisotopic (exact) mass is 187 g/mol. The Kier molecular flexibility index (Phi) is 1.79. The predicted molar refractivity (Wildman–Crippen MR) is 52.0 cm³/mol. The molecule has 4 nitrogen and oxygen atoms in total. The summed E-state index contributed by atoms with van der Waals surface area (Å²) in [6.45, 7) is 1.83. The van der Waals surface area contributed by atoms with Gasteiger partial charge in [0.1, 0.15) is 5.58 Å². The van der Waals surface area contributed by atoms with Crippen molar-refractivity contribution in [2.75, 3.05) is 0 Å². The van der Waals surface area contributed by atoms with Gasteiger partial charge in [-0.3, -0.25) is 0 Å². The Bertz CT molecular complexity index is 593. The van der Waals surface area contributed by atoms with Crippen LogP contribution in [0.3, 0.4) is 0 Å². The molecule has 1 heterocycles. The molecule has 68 valence electrons. The first-order valence-corrected chi connectivity index (χ1v) is 4.10. The average molecular weight is 187 g/mol. The second-order valence-corrected chi connectivity index (χ2v) is 3.03. The van der Waals surface area contributed by atoms with E-state index in [1.165, 1.54) is 12.1 Å². The van der Waals surface area contributed by atoms with Crippen LogP contribution >= 0.6 is 0 Å². The summed E-state index contributed by atoms with van der Waals surface area (Å²) in [5.41, 5.74) is 1.25. The standard InChI is InChI=1S/C10H7N2O2/c1-6-4-10(13)14-9-5-7(12-11)2-3-8(6)9/h2-5H,1H3/q+1. The second kappa shape index (κ2) is 2.96. The minimum absolute atomic E-state index is 0.367. The number of hydrogen-bond donors (Lipinski definition) is 0. The normalized spacial score (nSPS) is 10.0. The zero-order valence-corrected chi connectivity index (χ0v) is 7.52. The molecule has 0 N–H and O–H groups in total. The molecule has 0 atom stereocenters. The molecule has 0 saturated carbocycles. The van der Waals surface area contributed by atoms with E-state index in [1.807, 2.05) is 6.92 Å². The molecule has 14 heavy (non-hydrogen) atoms. The van der Waals surface area contributed by atoms with Gasteiger partial charge in [0.15, 0.2) is 4.98 Å². The first kappa shape index (κ1) is 8.45. The van der Waals surface area contributed by atoms with Crippen molar-refractivity contribution < 1.29 is 4.42 Å². The summed E-state index contributed by atoms with van der Waals surface area (Å²) < 4.78 is 4.96. The number of rotatable bonds is 0. The third kappa shape index (κ3) is 1.25. The molecule has 0 bridgehead atoms. The third-order valence-electron chi connectivity index (χ3n) is 2.05. The summed E-state index contributed by atoms with van der Waals surface area (Å²) in [5.74, 6) is 0. The first-order chi connectivity index (χ1) is 6.70. The fraction of sp³-hybridized carbons (Fsp3) is 0.100. The van der Waals surface area contributed by atoms with Gasteiger partial charge in [-0.2, -0.15) is 0 Å². The molecule has 1 aromatic carbocycles. The molecule has 0 fully saturated rings. The molecule has 4 heteroatoms. The molecule has 0 aliphatic rings. The van der Waals surface area contributed by atoms with Crippen LogP contribution in [0.25, 0.3) is 15.9 Å². The van der Waals surface area contributed by atoms with Crippen LogP contribution in [-0.4, -0.2) is 0 Å². The van der Waals surface area contributed by atoms with Gasteiger partial charge in [0.05, 0.1) is 6.07 Å². The number of aryl methyl sites for hydroxylation is 1. The summed E-state index contributed by atoms with van der Waals surface area (Å²) in [4.78, 5) is 14.1. The van der Waals surface area contributed by atoms with E-state index in [2.05, 4.69) is 4.98 Å². The Labute approximate surface area is 79.4 Å². The van der Waals surface area contributed by atoms with Crippen LogP contribution in [0.15, 0.2) is 33.5 Å². The highest BCUT2D eigenvalue weighted by Gasteiger charge is 2.08. The van der Waals surface area contributed by atoms with Crippen LogP contribution < -0.4 is 5.63 Å². The fourth-order valence-electron chi connectivity index (χ4n) is 1.38. The lowest BCUT2D eigenvalue weighted by Crippen LogP contribution is -1.97. The number of fused-ring (bicyclic) bond motifs is 1. The van der Waals surface area contributed by atoms with E-state index in [0.717, 1.165) is 10.9 Å². The SMILES string of the molecule is Cc1cc(=O)oc2cc([N+]#N)ccc12. The Morgan fingerprint density at radius 2 is 2.14 bits per heavy atom. The van der Waals surface area contributed by atoms with E-state index in [1.54, 1.807) is 12.1 Å². The minimum atomic E-state index is -0.398. The van der Waals surface area contributed by atoms with Gasteiger partial charge in [0.2, 0.25) is 5.39 Å². The summed E-state index contributed by atoms with van der Waals surface area (Å²) in [5, 5.41) is 9.39. The largest absolute Gasteiger partial charge is 0.422 e. The topological polar surface area (TPSA) is 58.4 Å². The molecule has 0 radical (unpaired) electrons. The highest BCUT2D eigenvalue weighted by molar-refractivity contribution is 5.83. The van der Waals surface area contributed by atoms with Gasteiger partial charge in [-0.25, -0.2) is 4.79 Å². The summed E-state index contributed by atoms with van der Waals surface area (Å²) in [6, 6.07) is 6.35.